The molecule has 2 unspecified atom stereocenters. The molecule has 3 aliphatic rings. The largest absolute Gasteiger partial charge is 0.456 e. The summed E-state index contributed by atoms with van der Waals surface area (Å²) in [5.41, 5.74) is 5.62. The molecular formula is C65H92O10Si4. The molecule has 14 heteroatoms. The van der Waals surface area contributed by atoms with Crippen molar-refractivity contribution in [2.75, 3.05) is 13.2 Å². The fraction of sp³-hybridized carbons (Fsp3) is 0.538. The second-order valence-corrected chi connectivity index (χ2v) is 42.9. The van der Waals surface area contributed by atoms with E-state index in [1.165, 1.54) is 24.2 Å². The maximum Gasteiger partial charge on any atom is 0.305 e. The van der Waals surface area contributed by atoms with Crippen LogP contribution in [0.15, 0.2) is 121 Å². The minimum absolute atomic E-state index is 0.122. The molecule has 0 spiro atoms. The van der Waals surface area contributed by atoms with Gasteiger partial charge in [-0.15, -0.1) is 11.1 Å². The number of rotatable bonds is 18. The average Bonchev–Trinajstić information content (AvgIpc) is 4.04. The third kappa shape index (κ3) is 14.4. The molecule has 428 valence electrons. The van der Waals surface area contributed by atoms with Crippen molar-refractivity contribution in [3.63, 3.8) is 0 Å². The Balaban J connectivity index is 0.000000256. The standard InChI is InChI=1S/C33H46O6Si2.C32H46O4Si2/c1-9-40(10-2,11-3)23-22-33(24-30(37-26(4)34)31(39-33)38-27(5)35)25-36-41(32(6,7)8,28-18-14-12-15-19-28)29-20-16-13-17-21-29;1-9-37(10-2,11-3)23-22-32(24-28-29(36-32)35-31(7,8)34-28)25-33-38(30(4,5)6,26-18-14-12-15-19-26)27-20-16-13-17-21-27/h12-21,30-31H,9-11,24-25H2,1-8H3;12-21,28-29H,9-11,24-25H2,1-8H3/t30?,31-,33-;28?,29-,32+/m01/s1. The molecule has 0 N–H and O–H groups in total. The molecule has 3 aliphatic heterocycles. The summed E-state index contributed by atoms with van der Waals surface area (Å²) in [5, 5.41) is 4.44. The molecule has 0 bridgehead atoms. The molecule has 3 fully saturated rings. The highest BCUT2D eigenvalue weighted by atomic mass is 28.4. The van der Waals surface area contributed by atoms with Crippen LogP contribution in [0.25, 0.3) is 0 Å². The molecule has 3 saturated heterocycles. The first-order valence-corrected chi connectivity index (χ1v) is 38.0. The Hall–Kier alpha value is -4.43. The van der Waals surface area contributed by atoms with E-state index in [1.807, 2.05) is 50.2 Å². The molecule has 0 saturated carbocycles. The molecule has 4 aromatic rings. The lowest BCUT2D eigenvalue weighted by atomic mass is 10.0. The van der Waals surface area contributed by atoms with Crippen molar-refractivity contribution in [1.82, 2.24) is 0 Å². The van der Waals surface area contributed by atoms with E-state index < -0.39 is 80.4 Å². The second kappa shape index (κ2) is 26.2. The SMILES string of the molecule is CC[Si](C#C[C@@]1(CO[Si](c2ccccc2)(c2ccccc2)C(C)(C)C)CC(OC(C)=O)[C@@H](OC(C)=O)O1)(CC)CC.CC[Si](C#C[C@@]1(CO[Si](c2ccccc2)(c2ccccc2)C(C)(C)C)CC2OC(C)(C)O[C@@H]2O1)(CC)CC. The summed E-state index contributed by atoms with van der Waals surface area (Å²) >= 11 is 0. The van der Waals surface area contributed by atoms with Gasteiger partial charge in [0.05, 0.1) is 13.2 Å². The van der Waals surface area contributed by atoms with Crippen molar-refractivity contribution in [2.24, 2.45) is 0 Å². The van der Waals surface area contributed by atoms with Crippen LogP contribution in [0, 0.1) is 22.9 Å². The van der Waals surface area contributed by atoms with Gasteiger partial charge < -0.3 is 37.3 Å². The van der Waals surface area contributed by atoms with E-state index >= 15 is 0 Å². The molecule has 0 radical (unpaired) electrons. The number of hydrogen-bond donors (Lipinski definition) is 0. The first-order chi connectivity index (χ1) is 37.3. The van der Waals surface area contributed by atoms with E-state index in [0.29, 0.717) is 13.0 Å². The number of ether oxygens (including phenoxy) is 6. The number of fused-ring (bicyclic) bond motifs is 1. The van der Waals surface area contributed by atoms with Gasteiger partial charge in [-0.25, -0.2) is 0 Å². The van der Waals surface area contributed by atoms with E-state index in [4.69, 9.17) is 37.3 Å². The third-order valence-electron chi connectivity index (χ3n) is 16.8. The molecule has 4 aromatic carbocycles. The van der Waals surface area contributed by atoms with Crippen LogP contribution in [0.1, 0.15) is 124 Å². The van der Waals surface area contributed by atoms with Crippen molar-refractivity contribution in [2.45, 2.75) is 212 Å². The van der Waals surface area contributed by atoms with Gasteiger partial charge in [0.2, 0.25) is 6.29 Å². The Morgan fingerprint density at radius 1 is 0.506 bits per heavy atom. The van der Waals surface area contributed by atoms with Crippen LogP contribution in [-0.4, -0.2) is 99.7 Å². The maximum atomic E-state index is 12.0. The molecular weight excluding hydrogens is 1050 g/mol. The average molecular weight is 1150 g/mol. The van der Waals surface area contributed by atoms with E-state index in [2.05, 4.69) is 191 Å². The van der Waals surface area contributed by atoms with E-state index in [9.17, 15) is 9.59 Å². The highest BCUT2D eigenvalue weighted by molar-refractivity contribution is 7.00. The predicted octanol–water partition coefficient (Wildman–Crippen LogP) is 11.8. The first-order valence-electron chi connectivity index (χ1n) is 28.9. The zero-order valence-electron chi connectivity index (χ0n) is 50.5. The van der Waals surface area contributed by atoms with E-state index in [1.54, 1.807) is 0 Å². The van der Waals surface area contributed by atoms with Gasteiger partial charge in [-0.1, -0.05) is 216 Å². The monoisotopic (exact) mass is 1140 g/mol. The Labute approximate surface area is 479 Å². The summed E-state index contributed by atoms with van der Waals surface area (Å²) in [4.78, 5) is 24.1. The van der Waals surface area contributed by atoms with Gasteiger partial charge in [-0.3, -0.25) is 9.59 Å². The van der Waals surface area contributed by atoms with Gasteiger partial charge in [0, 0.05) is 26.7 Å². The summed E-state index contributed by atoms with van der Waals surface area (Å²) in [5.74, 6) is 5.60. The molecule has 79 heavy (non-hydrogen) atoms. The van der Waals surface area contributed by atoms with Gasteiger partial charge in [0.25, 0.3) is 16.6 Å². The van der Waals surface area contributed by atoms with Crippen molar-refractivity contribution < 1.29 is 46.9 Å². The third-order valence-corrected chi connectivity index (χ3v) is 36.2. The number of benzene rings is 4. The summed E-state index contributed by atoms with van der Waals surface area (Å²) in [6, 6.07) is 48.9. The summed E-state index contributed by atoms with van der Waals surface area (Å²) in [6.45, 7) is 34.2. The molecule has 0 amide bonds. The molecule has 10 nitrogen and oxygen atoms in total. The second-order valence-electron chi connectivity index (χ2n) is 24.4. The normalized spacial score (nSPS) is 23.0. The van der Waals surface area contributed by atoms with Gasteiger partial charge in [-0.05, 0) is 80.9 Å². The van der Waals surface area contributed by atoms with Gasteiger partial charge in [-0.2, -0.15) is 0 Å². The van der Waals surface area contributed by atoms with Crippen LogP contribution in [0.5, 0.6) is 0 Å². The predicted molar refractivity (Wildman–Crippen MR) is 329 cm³/mol. The molecule has 7 rings (SSSR count). The highest BCUT2D eigenvalue weighted by Crippen LogP contribution is 2.45. The van der Waals surface area contributed by atoms with Crippen LogP contribution in [0.2, 0.25) is 46.3 Å². The van der Waals surface area contributed by atoms with Gasteiger partial charge in [0.15, 0.2) is 29.4 Å². The highest BCUT2D eigenvalue weighted by Gasteiger charge is 2.59. The lowest BCUT2D eigenvalue weighted by Crippen LogP contribution is -2.67. The fourth-order valence-electron chi connectivity index (χ4n) is 11.9. The Kier molecular flexibility index (Phi) is 21.2. The number of carbonyl (C=O) groups is 2. The Morgan fingerprint density at radius 3 is 1.15 bits per heavy atom. The van der Waals surface area contributed by atoms with Gasteiger partial charge >= 0.3 is 11.9 Å². The summed E-state index contributed by atoms with van der Waals surface area (Å²) < 4.78 is 51.4. The van der Waals surface area contributed by atoms with Crippen LogP contribution >= 0.6 is 0 Å². The number of hydrogen-bond acceptors (Lipinski definition) is 10. The van der Waals surface area contributed by atoms with Crippen LogP contribution in [0.3, 0.4) is 0 Å². The Morgan fingerprint density at radius 2 is 0.848 bits per heavy atom. The minimum atomic E-state index is -2.92. The van der Waals surface area contributed by atoms with Gasteiger partial charge in [0.1, 0.15) is 22.3 Å². The Bertz CT molecular complexity index is 2590. The van der Waals surface area contributed by atoms with E-state index in [0.717, 1.165) is 46.6 Å². The lowest BCUT2D eigenvalue weighted by Gasteiger charge is -2.44. The van der Waals surface area contributed by atoms with Crippen molar-refractivity contribution >= 4 is 65.5 Å². The van der Waals surface area contributed by atoms with Crippen molar-refractivity contribution in [1.29, 1.82) is 0 Å². The van der Waals surface area contributed by atoms with Crippen molar-refractivity contribution in [3.8, 4) is 22.9 Å². The lowest BCUT2D eigenvalue weighted by molar-refractivity contribution is -0.218. The molecule has 3 heterocycles. The van der Waals surface area contributed by atoms with E-state index in [-0.39, 0.29) is 29.2 Å². The van der Waals surface area contributed by atoms with Crippen LogP contribution in [0.4, 0.5) is 0 Å². The minimum Gasteiger partial charge on any atom is -0.456 e. The summed E-state index contributed by atoms with van der Waals surface area (Å²) in [7, 11) is -9.25. The van der Waals surface area contributed by atoms with Crippen LogP contribution in [-0.2, 0) is 46.9 Å². The van der Waals surface area contributed by atoms with Crippen LogP contribution < -0.4 is 20.7 Å². The smallest absolute Gasteiger partial charge is 0.305 e. The maximum absolute atomic E-state index is 12.0. The molecule has 0 aromatic heterocycles. The fourth-order valence-corrected chi connectivity index (χ4v) is 26.2. The number of carbonyl (C=O) groups excluding carboxylic acids is 2. The first kappa shape index (κ1) is 63.7. The topological polar surface area (TPSA) is 108 Å². The molecule has 0 aliphatic carbocycles. The zero-order chi connectivity index (χ0) is 58.0. The number of esters is 2. The quantitative estimate of drug-likeness (QED) is 0.0543. The molecule has 6 atom stereocenters. The summed E-state index contributed by atoms with van der Waals surface area (Å²) in [6.07, 6.45) is -1.53. The van der Waals surface area contributed by atoms with Crippen molar-refractivity contribution in [3.05, 3.63) is 121 Å². The zero-order valence-corrected chi connectivity index (χ0v) is 54.5.